The van der Waals surface area contributed by atoms with E-state index in [4.69, 9.17) is 14.2 Å². The Balaban J connectivity index is 1.32. The van der Waals surface area contributed by atoms with E-state index in [9.17, 15) is 35.1 Å². The Morgan fingerprint density at radius 3 is 2.20 bits per heavy atom. The molecule has 0 bridgehead atoms. The molecular formula is C44H51N3O11Si. The fourth-order valence-corrected chi connectivity index (χ4v) is 13.2. The zero-order valence-corrected chi connectivity index (χ0v) is 34.3. The zero-order chi connectivity index (χ0) is 42.2. The molecule has 9 atom stereocenters. The van der Waals surface area contributed by atoms with Crippen LogP contribution < -0.4 is 20.1 Å². The molecule has 3 aliphatic rings. The van der Waals surface area contributed by atoms with Crippen molar-refractivity contribution in [3.05, 3.63) is 114 Å². The number of hydrogen-bond acceptors (Lipinski definition) is 11. The van der Waals surface area contributed by atoms with E-state index in [0.29, 0.717) is 22.7 Å². The van der Waals surface area contributed by atoms with E-state index >= 15 is 4.79 Å². The predicted molar refractivity (Wildman–Crippen MR) is 221 cm³/mol. The maximum atomic E-state index is 15.4. The van der Waals surface area contributed by atoms with Crippen molar-refractivity contribution in [2.75, 3.05) is 30.5 Å². The first-order chi connectivity index (χ1) is 28.2. The highest BCUT2D eigenvalue weighted by Crippen LogP contribution is 2.61. The van der Waals surface area contributed by atoms with Crippen molar-refractivity contribution in [3.8, 4) is 5.75 Å². The fourth-order valence-electron chi connectivity index (χ4n) is 9.16. The number of amides is 3. The summed E-state index contributed by atoms with van der Waals surface area (Å²) in [5.74, 6) is -1.34. The first-order valence-corrected chi connectivity index (χ1v) is 22.8. The van der Waals surface area contributed by atoms with Gasteiger partial charge in [-0.3, -0.25) is 19.3 Å². The summed E-state index contributed by atoms with van der Waals surface area (Å²) in [6.45, 7) is 6.51. The van der Waals surface area contributed by atoms with Gasteiger partial charge in [-0.25, -0.2) is 0 Å². The first-order valence-electron chi connectivity index (χ1n) is 19.7. The third kappa shape index (κ3) is 7.69. The van der Waals surface area contributed by atoms with Crippen molar-refractivity contribution in [1.29, 1.82) is 0 Å². The van der Waals surface area contributed by atoms with E-state index in [2.05, 4.69) is 18.4 Å². The van der Waals surface area contributed by atoms with Crippen LogP contribution in [0.1, 0.15) is 24.5 Å². The van der Waals surface area contributed by atoms with Crippen LogP contribution in [0, 0.1) is 5.92 Å². The van der Waals surface area contributed by atoms with Crippen LogP contribution in [-0.4, -0.2) is 113 Å². The van der Waals surface area contributed by atoms with Gasteiger partial charge in [-0.15, -0.1) is 0 Å². The molecule has 312 valence electrons. The number of aliphatic hydroxyl groups excluding tert-OH is 5. The smallest absolute Gasteiger partial charge is 0.268 e. The molecule has 2 saturated heterocycles. The van der Waals surface area contributed by atoms with Gasteiger partial charge in [-0.1, -0.05) is 85.9 Å². The van der Waals surface area contributed by atoms with Gasteiger partial charge in [0.2, 0.25) is 5.91 Å². The van der Waals surface area contributed by atoms with Gasteiger partial charge in [0.15, 0.2) is 18.0 Å². The van der Waals surface area contributed by atoms with Gasteiger partial charge >= 0.3 is 0 Å². The van der Waals surface area contributed by atoms with Crippen LogP contribution in [-0.2, 0) is 36.0 Å². The van der Waals surface area contributed by atoms with Crippen LogP contribution in [0.15, 0.2) is 103 Å². The van der Waals surface area contributed by atoms with Crippen molar-refractivity contribution >= 4 is 48.0 Å². The average molecular weight is 826 g/mol. The summed E-state index contributed by atoms with van der Waals surface area (Å²) in [5, 5.41) is 54.7. The summed E-state index contributed by atoms with van der Waals surface area (Å²) < 4.78 is 17.8. The molecule has 15 heteroatoms. The number of methoxy groups -OCH3 is 1. The Kier molecular flexibility index (Phi) is 12.1. The molecule has 7 rings (SSSR count). The Labute approximate surface area is 343 Å². The molecule has 3 heterocycles. The van der Waals surface area contributed by atoms with Gasteiger partial charge in [-0.2, -0.15) is 0 Å². The second-order valence-electron chi connectivity index (χ2n) is 16.0. The van der Waals surface area contributed by atoms with Crippen LogP contribution in [0.2, 0.25) is 18.6 Å². The number of anilines is 3. The molecule has 1 spiro atoms. The van der Waals surface area contributed by atoms with E-state index in [1.165, 1.54) is 0 Å². The molecule has 0 aliphatic carbocycles. The number of carbonyl (C=O) groups is 3. The van der Waals surface area contributed by atoms with Crippen molar-refractivity contribution < 1.29 is 54.1 Å². The molecule has 2 fully saturated rings. The maximum Gasteiger partial charge on any atom is 0.268 e. The number of aliphatic hydroxyl groups is 5. The predicted octanol–water partition coefficient (Wildman–Crippen LogP) is 2.74. The molecule has 3 amide bonds. The van der Waals surface area contributed by atoms with Gasteiger partial charge in [0.25, 0.3) is 11.8 Å². The van der Waals surface area contributed by atoms with Crippen LogP contribution in [0.3, 0.4) is 0 Å². The molecule has 14 nitrogen and oxygen atoms in total. The molecule has 3 aliphatic heterocycles. The third-order valence-electron chi connectivity index (χ3n) is 12.2. The van der Waals surface area contributed by atoms with Gasteiger partial charge in [0, 0.05) is 35.9 Å². The van der Waals surface area contributed by atoms with Gasteiger partial charge in [0.1, 0.15) is 24.1 Å². The van der Waals surface area contributed by atoms with Crippen LogP contribution in [0.5, 0.6) is 5.75 Å². The quantitative estimate of drug-likeness (QED) is 0.115. The zero-order valence-electron chi connectivity index (χ0n) is 33.3. The van der Waals surface area contributed by atoms with E-state index in [1.54, 1.807) is 35.1 Å². The number of hydrogen-bond donors (Lipinski definition) is 6. The van der Waals surface area contributed by atoms with E-state index < -0.39 is 62.3 Å². The highest BCUT2D eigenvalue weighted by atomic mass is 28.3. The molecule has 0 aromatic heterocycles. The monoisotopic (exact) mass is 825 g/mol. The summed E-state index contributed by atoms with van der Waals surface area (Å²) in [6.07, 6.45) is -10.0. The van der Waals surface area contributed by atoms with Crippen molar-refractivity contribution in [2.24, 2.45) is 5.92 Å². The molecule has 4 aromatic rings. The normalized spacial score (nSPS) is 27.7. The fraction of sp³-hybridized carbons (Fsp3) is 0.386. The van der Waals surface area contributed by atoms with Crippen LogP contribution >= 0.6 is 0 Å². The van der Waals surface area contributed by atoms with Crippen molar-refractivity contribution in [1.82, 2.24) is 4.90 Å². The second-order valence-corrected chi connectivity index (χ2v) is 20.7. The summed E-state index contributed by atoms with van der Waals surface area (Å²) in [6, 6.07) is 31.4. The topological polar surface area (TPSA) is 199 Å². The minimum absolute atomic E-state index is 0.0754. The second kappa shape index (κ2) is 16.9. The summed E-state index contributed by atoms with van der Waals surface area (Å²) in [7, 11) is -1.09. The molecule has 0 saturated carbocycles. The minimum atomic E-state index is -2.69. The molecule has 0 radical (unpaired) electrons. The molecule has 6 N–H and O–H groups in total. The number of para-hydroxylation sites is 1. The molecule has 59 heavy (non-hydrogen) atoms. The number of carbonyl (C=O) groups excluding carboxylic acids is 3. The number of ether oxygens (including phenoxy) is 3. The highest BCUT2D eigenvalue weighted by molar-refractivity contribution is 6.91. The lowest BCUT2D eigenvalue weighted by Gasteiger charge is -2.37. The van der Waals surface area contributed by atoms with Crippen LogP contribution in [0.4, 0.5) is 17.1 Å². The molecule has 0 unspecified atom stereocenters. The largest absolute Gasteiger partial charge is 0.497 e. The Hall–Kier alpha value is -4.97. The lowest BCUT2D eigenvalue weighted by atomic mass is 9.82. The third-order valence-corrected chi connectivity index (χ3v) is 16.5. The Morgan fingerprint density at radius 2 is 1.56 bits per heavy atom. The minimum Gasteiger partial charge on any atom is -0.497 e. The maximum absolute atomic E-state index is 15.4. The van der Waals surface area contributed by atoms with E-state index in [1.807, 2.05) is 91.9 Å². The SMILES string of the molecule is COc1ccc([Si](C)(C)[C@@H]2[C@@H](CC(=O)N(CCO)Cc3ccccc3)O[C@]3(C(=O)N(c4ccccc4)c4ccc(NC(=O)[C@H]5O[C@@H](O)[C@H](O)[C@@H](O)[C@@H]5O)cc43)[C@H]2C)cc1. The van der Waals surface area contributed by atoms with E-state index in [-0.39, 0.29) is 49.2 Å². The van der Waals surface area contributed by atoms with Gasteiger partial charge in [-0.05, 0) is 53.6 Å². The number of benzene rings is 4. The highest BCUT2D eigenvalue weighted by Gasteiger charge is 2.67. The summed E-state index contributed by atoms with van der Waals surface area (Å²) in [4.78, 5) is 46.6. The van der Waals surface area contributed by atoms with Crippen molar-refractivity contribution in [3.63, 3.8) is 0 Å². The number of rotatable bonds is 12. The Morgan fingerprint density at radius 1 is 0.898 bits per heavy atom. The van der Waals surface area contributed by atoms with Gasteiger partial charge in [0.05, 0.1) is 40.0 Å². The standard InChI is InChI=1S/C44H51N3O11Si/c1-26-40(59(3,4)31-18-16-30(56-2)17-19-31)34(24-35(49)46(21-22-48)25-27-11-7-5-8-12-27)58-44(26)32-23-28(45-41(53)39-37(51)36(50)38(52)42(54)57-39)15-20-33(32)47(43(44)55)29-13-9-6-10-14-29/h5-20,23,26,34,36-40,42,48,50-52,54H,21-22,24-25H2,1-4H3,(H,45,53)/t26-,34+,36-,37-,38+,39-,40-,42+,44+/m0/s1. The molecular weight excluding hydrogens is 775 g/mol. The molecule has 4 aromatic carbocycles. The number of nitrogens with zero attached hydrogens (tertiary/aromatic N) is 2. The first kappa shape index (κ1) is 42.2. The summed E-state index contributed by atoms with van der Waals surface area (Å²) >= 11 is 0. The average Bonchev–Trinajstić information content (AvgIpc) is 3.67. The lowest BCUT2D eigenvalue weighted by molar-refractivity contribution is -0.274. The van der Waals surface area contributed by atoms with Crippen molar-refractivity contribution in [2.45, 2.75) is 80.9 Å². The summed E-state index contributed by atoms with van der Waals surface area (Å²) in [5.41, 5.74) is 0.689. The van der Waals surface area contributed by atoms with E-state index in [0.717, 1.165) is 10.8 Å². The van der Waals surface area contributed by atoms with Gasteiger partial charge < -0.3 is 50.0 Å². The Bertz CT molecular complexity index is 2140. The number of nitrogens with one attached hydrogen (secondary N) is 1. The number of fused-ring (bicyclic) bond motifs is 2. The lowest BCUT2D eigenvalue weighted by Crippen LogP contribution is -2.60. The van der Waals surface area contributed by atoms with Crippen LogP contribution in [0.25, 0.3) is 0 Å².